The molecule has 0 bridgehead atoms. The van der Waals surface area contributed by atoms with Gasteiger partial charge in [-0.2, -0.15) is 77.5 Å². The van der Waals surface area contributed by atoms with E-state index in [0.29, 0.717) is 0 Å². The normalized spacial score (nSPS) is 12.9. The van der Waals surface area contributed by atoms with Crippen molar-refractivity contribution in [1.29, 1.82) is 0 Å². The van der Waals surface area contributed by atoms with Crippen molar-refractivity contribution in [3.8, 4) is 0 Å². The first-order chi connectivity index (χ1) is 28.8. The molecule has 8 N–H and O–H groups in total. The van der Waals surface area contributed by atoms with Crippen molar-refractivity contribution in [3.05, 3.63) is 97.1 Å². The minimum absolute atomic E-state index is 0.107. The van der Waals surface area contributed by atoms with Gasteiger partial charge in [0.1, 0.15) is 20.6 Å². The summed E-state index contributed by atoms with van der Waals surface area (Å²) in [5, 5.41) is 22.8. The maximum atomic E-state index is 12.4. The monoisotopic (exact) mass is 950 g/mol. The van der Waals surface area contributed by atoms with Gasteiger partial charge in [-0.1, -0.05) is 12.1 Å². The molecule has 324 valence electrons. The molecule has 0 saturated carbocycles. The molecule has 25 nitrogen and oxygen atoms in total. The lowest BCUT2D eigenvalue weighted by molar-refractivity contribution is 0.481. The summed E-state index contributed by atoms with van der Waals surface area (Å²) in [6.07, 6.45) is 0. The summed E-state index contributed by atoms with van der Waals surface area (Å²) >= 11 is 0. The van der Waals surface area contributed by atoms with Crippen LogP contribution in [0.5, 0.6) is 0 Å². The van der Waals surface area contributed by atoms with Gasteiger partial charge < -0.3 is 16.0 Å². The minimum Gasteiger partial charge on any atom is -0.338 e. The van der Waals surface area contributed by atoms with Crippen LogP contribution < -0.4 is 16.0 Å². The lowest BCUT2D eigenvalue weighted by Crippen LogP contribution is -2.16. The number of hydrogen-bond acceptors (Lipinski definition) is 20. The molecule has 5 aromatic carbocycles. The molecule has 0 radical (unpaired) electrons. The average Bonchev–Trinajstić information content (AvgIpc) is 3.17. The number of rotatable bonds is 15. The fraction of sp³-hybridized carbons (Fsp3) is 0.0312. The Labute approximate surface area is 350 Å². The Balaban J connectivity index is 1.27. The van der Waals surface area contributed by atoms with Gasteiger partial charge in [0.25, 0.3) is 50.6 Å². The van der Waals surface area contributed by atoms with Gasteiger partial charge >= 0.3 is 0 Å². The summed E-state index contributed by atoms with van der Waals surface area (Å²) in [6, 6.07) is 18.9. The highest BCUT2D eigenvalue weighted by atomic mass is 32.2. The molecule has 0 aliphatic carbocycles. The summed E-state index contributed by atoms with van der Waals surface area (Å²) < 4.78 is 166. The third kappa shape index (κ3) is 11.7. The number of nitrogens with zero attached hydrogens (tertiary/aromatic N) is 7. The fourth-order valence-corrected chi connectivity index (χ4v) is 8.08. The van der Waals surface area contributed by atoms with E-state index < -0.39 is 87.9 Å². The Morgan fingerprint density at radius 3 is 1.52 bits per heavy atom. The number of azo groups is 2. The SMILES string of the molecule is O=S(=O)(O)CNc1nc(Nc2ccc(N=Nc3cc(S(=O)(=O)O)c4cccc(S(=O)(=O)O)c4c3)cc2)nc(Nc2ccc(N=Nc3ccc(S(=O)(=O)O)cc3)cc2S(=O)(=O)O)n1. The van der Waals surface area contributed by atoms with Crippen LogP contribution in [0.2, 0.25) is 0 Å². The summed E-state index contributed by atoms with van der Waals surface area (Å²) in [4.78, 5) is 9.64. The van der Waals surface area contributed by atoms with E-state index in [1.807, 2.05) is 0 Å². The molecule has 0 aliphatic heterocycles. The Bertz CT molecular complexity index is 3380. The predicted molar refractivity (Wildman–Crippen MR) is 217 cm³/mol. The van der Waals surface area contributed by atoms with Crippen LogP contribution in [0.3, 0.4) is 0 Å². The first kappa shape index (κ1) is 45.1. The highest BCUT2D eigenvalue weighted by molar-refractivity contribution is 7.87. The van der Waals surface area contributed by atoms with Gasteiger partial charge in [0.2, 0.25) is 17.8 Å². The van der Waals surface area contributed by atoms with Gasteiger partial charge in [0.05, 0.1) is 33.3 Å². The van der Waals surface area contributed by atoms with Crippen molar-refractivity contribution in [2.45, 2.75) is 19.6 Å². The first-order valence-electron chi connectivity index (χ1n) is 16.5. The number of benzene rings is 5. The molecule has 0 atom stereocenters. The molecular formula is C32H26N10O15S5. The van der Waals surface area contributed by atoms with Crippen molar-refractivity contribution in [2.24, 2.45) is 20.5 Å². The van der Waals surface area contributed by atoms with E-state index in [9.17, 15) is 60.3 Å². The minimum atomic E-state index is -4.99. The van der Waals surface area contributed by atoms with Crippen LogP contribution in [0, 0.1) is 0 Å². The van der Waals surface area contributed by atoms with Crippen LogP contribution >= 0.6 is 0 Å². The van der Waals surface area contributed by atoms with Crippen LogP contribution in [0.4, 0.5) is 52.0 Å². The molecule has 0 unspecified atom stereocenters. The zero-order valence-electron chi connectivity index (χ0n) is 30.4. The summed E-state index contributed by atoms with van der Waals surface area (Å²) in [7, 11) is -23.8. The number of hydrogen-bond donors (Lipinski definition) is 8. The fourth-order valence-electron chi connectivity index (χ4n) is 5.19. The summed E-state index contributed by atoms with van der Waals surface area (Å²) in [5.74, 6) is -2.24. The Kier molecular flexibility index (Phi) is 12.4. The topological polar surface area (TPSA) is 396 Å². The van der Waals surface area contributed by atoms with E-state index in [0.717, 1.165) is 42.5 Å². The second-order valence-corrected chi connectivity index (χ2v) is 19.3. The lowest BCUT2D eigenvalue weighted by Gasteiger charge is -2.13. The molecule has 0 amide bonds. The lowest BCUT2D eigenvalue weighted by atomic mass is 10.1. The summed E-state index contributed by atoms with van der Waals surface area (Å²) in [5.41, 5.74) is -0.137. The van der Waals surface area contributed by atoms with Crippen LogP contribution in [0.25, 0.3) is 10.8 Å². The largest absolute Gasteiger partial charge is 0.338 e. The first-order valence-corrected chi connectivity index (χ1v) is 23.8. The number of nitrogens with one attached hydrogen (secondary N) is 3. The average molecular weight is 951 g/mol. The van der Waals surface area contributed by atoms with E-state index in [1.165, 1.54) is 54.6 Å². The number of aromatic nitrogens is 3. The van der Waals surface area contributed by atoms with Crippen LogP contribution in [-0.4, -0.2) is 85.7 Å². The second kappa shape index (κ2) is 17.1. The van der Waals surface area contributed by atoms with E-state index in [-0.39, 0.29) is 50.8 Å². The smallest absolute Gasteiger partial charge is 0.296 e. The molecule has 62 heavy (non-hydrogen) atoms. The van der Waals surface area contributed by atoms with Crippen LogP contribution in [-0.2, 0) is 50.6 Å². The van der Waals surface area contributed by atoms with Crippen molar-refractivity contribution in [3.63, 3.8) is 0 Å². The molecular weight excluding hydrogens is 925 g/mol. The Morgan fingerprint density at radius 1 is 0.452 bits per heavy atom. The maximum Gasteiger partial charge on any atom is 0.296 e. The highest BCUT2D eigenvalue weighted by Gasteiger charge is 2.22. The van der Waals surface area contributed by atoms with E-state index in [2.05, 4.69) is 51.4 Å². The van der Waals surface area contributed by atoms with Gasteiger partial charge in [-0.15, -0.1) is 0 Å². The molecule has 0 fully saturated rings. The maximum absolute atomic E-state index is 12.4. The molecule has 1 aromatic heterocycles. The molecule has 6 aromatic rings. The molecule has 0 spiro atoms. The second-order valence-electron chi connectivity index (χ2n) is 12.3. The van der Waals surface area contributed by atoms with Crippen molar-refractivity contribution < 1.29 is 64.9 Å². The van der Waals surface area contributed by atoms with Gasteiger partial charge in [0, 0.05) is 16.5 Å². The van der Waals surface area contributed by atoms with Gasteiger partial charge in [-0.05, 0) is 84.9 Å². The Hall–Kier alpha value is -6.48. The highest BCUT2D eigenvalue weighted by Crippen LogP contribution is 2.34. The molecule has 0 aliphatic rings. The zero-order chi connectivity index (χ0) is 45.3. The van der Waals surface area contributed by atoms with Crippen molar-refractivity contribution >= 4 is 113 Å². The summed E-state index contributed by atoms with van der Waals surface area (Å²) in [6.45, 7) is 0. The van der Waals surface area contributed by atoms with E-state index in [1.54, 1.807) is 0 Å². The van der Waals surface area contributed by atoms with Crippen molar-refractivity contribution in [2.75, 3.05) is 21.8 Å². The van der Waals surface area contributed by atoms with Crippen molar-refractivity contribution in [1.82, 2.24) is 15.0 Å². The van der Waals surface area contributed by atoms with Crippen LogP contribution in [0.1, 0.15) is 0 Å². The standard InChI is InChI=1S/C32H26N10O15S5/c43-58(44,45)17-33-30-36-31(38-32(37-30)35-26-13-10-21(15-29(26)62(55,56)57)41-39-20-8-11-23(12-9-20)59(46,47)48)34-18-4-6-19(7-5-18)40-42-22-14-25-24(28(16-22)61(52,53)54)2-1-3-27(25)60(49,50)51/h1-16H,17H2,(H,43,44,45)(H,46,47,48)(H,49,50,51)(H,52,53,54)(H,55,56,57)(H3,33,34,35,36,37,38). The molecule has 6 rings (SSSR count). The van der Waals surface area contributed by atoms with Gasteiger partial charge in [-0.3, -0.25) is 22.8 Å². The molecule has 0 saturated heterocycles. The number of fused-ring (bicyclic) bond motifs is 1. The van der Waals surface area contributed by atoms with E-state index >= 15 is 0 Å². The zero-order valence-corrected chi connectivity index (χ0v) is 34.5. The molecule has 1 heterocycles. The van der Waals surface area contributed by atoms with Crippen LogP contribution in [0.15, 0.2) is 137 Å². The molecule has 30 heteroatoms. The van der Waals surface area contributed by atoms with E-state index in [4.69, 9.17) is 4.55 Å². The third-order valence-electron chi connectivity index (χ3n) is 7.82. The third-order valence-corrected chi connectivity index (χ3v) is 11.9. The van der Waals surface area contributed by atoms with Gasteiger partial charge in [-0.25, -0.2) is 0 Å². The van der Waals surface area contributed by atoms with Gasteiger partial charge in [0.15, 0.2) is 0 Å². The predicted octanol–water partition coefficient (Wildman–Crippen LogP) is 5.59. The number of anilines is 5. The quantitative estimate of drug-likeness (QED) is 0.0459. The Morgan fingerprint density at radius 2 is 0.952 bits per heavy atom.